The van der Waals surface area contributed by atoms with Gasteiger partial charge in [-0.2, -0.15) is 5.26 Å². The van der Waals surface area contributed by atoms with Crippen molar-refractivity contribution in [2.75, 3.05) is 13.1 Å². The zero-order valence-corrected chi connectivity index (χ0v) is 18.3. The number of benzene rings is 1. The SMILES string of the molecule is N#C[C@@H]1C[C@@H]2C[C@@H]2N1C(=O)[C@@H](N)CN1CC2C[C@H]1C(=O)N2[C@H]1CCc2cc(C(=O)O)ccc21. The molecule has 1 unspecified atom stereocenters. The molecular formula is C24H27N5O4. The molecule has 5 aliphatic rings. The van der Waals surface area contributed by atoms with Gasteiger partial charge in [-0.1, -0.05) is 6.07 Å². The van der Waals surface area contributed by atoms with Gasteiger partial charge in [-0.3, -0.25) is 14.5 Å². The van der Waals surface area contributed by atoms with E-state index >= 15 is 0 Å². The number of amides is 2. The fraction of sp³-hybridized carbons (Fsp3) is 0.583. The highest BCUT2D eigenvalue weighted by Gasteiger charge is 2.56. The van der Waals surface area contributed by atoms with Crippen molar-refractivity contribution >= 4 is 17.8 Å². The number of carboxylic acids is 1. The number of carbonyl (C=O) groups excluding carboxylic acids is 2. The zero-order chi connectivity index (χ0) is 23.0. The number of hydrogen-bond acceptors (Lipinski definition) is 6. The largest absolute Gasteiger partial charge is 0.478 e. The number of nitrogens with zero attached hydrogens (tertiary/aromatic N) is 4. The summed E-state index contributed by atoms with van der Waals surface area (Å²) < 4.78 is 0. The Morgan fingerprint density at radius 3 is 2.79 bits per heavy atom. The van der Waals surface area contributed by atoms with Crippen LogP contribution in [-0.2, 0) is 16.0 Å². The predicted octanol–water partition coefficient (Wildman–Crippen LogP) is 0.497. The van der Waals surface area contributed by atoms with Crippen LogP contribution in [0.25, 0.3) is 0 Å². The lowest BCUT2D eigenvalue weighted by atomic mass is 10.0. The Labute approximate surface area is 191 Å². The van der Waals surface area contributed by atoms with Gasteiger partial charge in [0.05, 0.1) is 29.8 Å². The molecule has 2 bridgehead atoms. The molecule has 172 valence electrons. The van der Waals surface area contributed by atoms with Crippen LogP contribution in [0.1, 0.15) is 53.2 Å². The van der Waals surface area contributed by atoms with E-state index < -0.39 is 12.0 Å². The molecule has 2 aliphatic carbocycles. The van der Waals surface area contributed by atoms with Gasteiger partial charge in [0.15, 0.2) is 0 Å². The minimum atomic E-state index is -0.939. The third-order valence-electron chi connectivity index (χ3n) is 8.34. The van der Waals surface area contributed by atoms with Gasteiger partial charge in [-0.05, 0) is 61.3 Å². The van der Waals surface area contributed by atoms with E-state index in [9.17, 15) is 24.8 Å². The lowest BCUT2D eigenvalue weighted by Gasteiger charge is -2.38. The van der Waals surface area contributed by atoms with Gasteiger partial charge in [-0.25, -0.2) is 4.79 Å². The van der Waals surface area contributed by atoms with Crippen molar-refractivity contribution in [1.82, 2.24) is 14.7 Å². The van der Waals surface area contributed by atoms with E-state index in [0.29, 0.717) is 19.0 Å². The van der Waals surface area contributed by atoms with Gasteiger partial charge in [0.1, 0.15) is 6.04 Å². The maximum atomic E-state index is 13.3. The second-order valence-electron chi connectivity index (χ2n) is 10.2. The van der Waals surface area contributed by atoms with E-state index in [1.165, 1.54) is 0 Å². The molecule has 0 spiro atoms. The molecule has 3 aliphatic heterocycles. The van der Waals surface area contributed by atoms with Crippen molar-refractivity contribution in [3.05, 3.63) is 34.9 Å². The number of piperidine rings is 1. The number of piperazine rings is 1. The van der Waals surface area contributed by atoms with Gasteiger partial charge >= 0.3 is 5.97 Å². The first-order chi connectivity index (χ1) is 15.9. The third-order valence-corrected chi connectivity index (χ3v) is 8.34. The van der Waals surface area contributed by atoms with Crippen molar-refractivity contribution < 1.29 is 19.5 Å². The van der Waals surface area contributed by atoms with E-state index in [0.717, 1.165) is 43.2 Å². The Morgan fingerprint density at radius 1 is 1.24 bits per heavy atom. The van der Waals surface area contributed by atoms with Crippen LogP contribution in [0.15, 0.2) is 18.2 Å². The number of carbonyl (C=O) groups is 3. The summed E-state index contributed by atoms with van der Waals surface area (Å²) in [6.45, 7) is 1.01. The molecule has 1 aromatic rings. The molecule has 3 heterocycles. The molecule has 6 rings (SSSR count). The molecule has 0 aromatic heterocycles. The first-order valence-corrected chi connectivity index (χ1v) is 11.8. The fourth-order valence-electron chi connectivity index (χ4n) is 6.73. The summed E-state index contributed by atoms with van der Waals surface area (Å²) in [4.78, 5) is 43.3. The summed E-state index contributed by atoms with van der Waals surface area (Å²) in [5.41, 5.74) is 8.64. The number of hydrogen-bond donors (Lipinski definition) is 2. The van der Waals surface area contributed by atoms with Gasteiger partial charge in [-0.15, -0.1) is 0 Å². The first kappa shape index (κ1) is 20.6. The van der Waals surface area contributed by atoms with Crippen molar-refractivity contribution in [3.63, 3.8) is 0 Å². The molecule has 33 heavy (non-hydrogen) atoms. The average molecular weight is 450 g/mol. The van der Waals surface area contributed by atoms with E-state index in [1.807, 2.05) is 15.9 Å². The molecule has 1 aromatic carbocycles. The Kier molecular flexibility index (Phi) is 4.55. The second kappa shape index (κ2) is 7.27. The van der Waals surface area contributed by atoms with Crippen LogP contribution in [0.3, 0.4) is 0 Å². The minimum Gasteiger partial charge on any atom is -0.478 e. The summed E-state index contributed by atoms with van der Waals surface area (Å²) in [7, 11) is 0. The van der Waals surface area contributed by atoms with E-state index in [1.54, 1.807) is 17.0 Å². The number of aryl methyl sites for hydroxylation is 1. The molecule has 9 nitrogen and oxygen atoms in total. The van der Waals surface area contributed by atoms with Crippen molar-refractivity contribution in [2.45, 2.75) is 68.4 Å². The van der Waals surface area contributed by atoms with Crippen LogP contribution in [0, 0.1) is 17.2 Å². The van der Waals surface area contributed by atoms with Crippen LogP contribution < -0.4 is 5.73 Å². The van der Waals surface area contributed by atoms with Crippen molar-refractivity contribution in [2.24, 2.45) is 11.7 Å². The van der Waals surface area contributed by atoms with E-state index in [-0.39, 0.29) is 47.6 Å². The van der Waals surface area contributed by atoms with E-state index in [2.05, 4.69) is 6.07 Å². The highest BCUT2D eigenvalue weighted by atomic mass is 16.4. The standard InChI is InChI=1S/C24H27N5O4/c25-9-15-6-14-7-20(14)28(15)22(30)18(26)11-27-10-16-8-21(27)23(31)29(16)19-4-2-12-5-13(24(32)33)1-3-17(12)19/h1,3,5,14-16,18-21H,2,4,6-8,10-11,26H2,(H,32,33)/t14-,15+,16?,18+,19+,20+,21+/m1/s1. The molecular weight excluding hydrogens is 422 g/mol. The number of nitrogens with two attached hydrogens (primary N) is 1. The first-order valence-electron chi connectivity index (χ1n) is 11.8. The number of rotatable bonds is 5. The Morgan fingerprint density at radius 2 is 2.06 bits per heavy atom. The predicted molar refractivity (Wildman–Crippen MR) is 116 cm³/mol. The van der Waals surface area contributed by atoms with Gasteiger partial charge in [0.2, 0.25) is 11.8 Å². The molecule has 1 saturated carbocycles. The number of aromatic carboxylic acids is 1. The van der Waals surface area contributed by atoms with Crippen molar-refractivity contribution in [1.29, 1.82) is 5.26 Å². The molecule has 0 radical (unpaired) electrons. The van der Waals surface area contributed by atoms with Gasteiger partial charge in [0, 0.05) is 25.2 Å². The zero-order valence-electron chi connectivity index (χ0n) is 18.3. The second-order valence-corrected chi connectivity index (χ2v) is 10.2. The normalized spacial score (nSPS) is 34.8. The number of fused-ring (bicyclic) bond motifs is 4. The molecule has 3 saturated heterocycles. The summed E-state index contributed by atoms with van der Waals surface area (Å²) in [5.74, 6) is -0.585. The molecule has 2 amide bonds. The topological polar surface area (TPSA) is 131 Å². The summed E-state index contributed by atoms with van der Waals surface area (Å²) in [6.07, 6.45) is 4.02. The van der Waals surface area contributed by atoms with Gasteiger partial charge < -0.3 is 20.6 Å². The number of likely N-dealkylation sites (tertiary alicyclic amines) is 3. The van der Waals surface area contributed by atoms with Crippen LogP contribution >= 0.6 is 0 Å². The van der Waals surface area contributed by atoms with Crippen LogP contribution in [0.4, 0.5) is 0 Å². The Balaban J connectivity index is 1.13. The highest BCUT2D eigenvalue weighted by molar-refractivity contribution is 5.89. The maximum absolute atomic E-state index is 13.3. The van der Waals surface area contributed by atoms with Crippen LogP contribution in [0.5, 0.6) is 0 Å². The molecule has 7 atom stereocenters. The molecule has 4 fully saturated rings. The smallest absolute Gasteiger partial charge is 0.335 e. The summed E-state index contributed by atoms with van der Waals surface area (Å²) in [6, 6.07) is 6.29. The minimum absolute atomic E-state index is 0.0180. The summed E-state index contributed by atoms with van der Waals surface area (Å²) in [5, 5.41) is 18.6. The third kappa shape index (κ3) is 3.08. The van der Waals surface area contributed by atoms with Crippen LogP contribution in [-0.4, -0.2) is 80.9 Å². The fourth-order valence-corrected chi connectivity index (χ4v) is 6.73. The van der Waals surface area contributed by atoms with Gasteiger partial charge in [0.25, 0.3) is 0 Å². The number of carboxylic acid groups (broad SMARTS) is 1. The summed E-state index contributed by atoms with van der Waals surface area (Å²) >= 11 is 0. The highest BCUT2D eigenvalue weighted by Crippen LogP contribution is 2.48. The Hall–Kier alpha value is -2.96. The monoisotopic (exact) mass is 449 g/mol. The molecule has 9 heteroatoms. The van der Waals surface area contributed by atoms with Crippen molar-refractivity contribution in [3.8, 4) is 6.07 Å². The lowest BCUT2D eigenvalue weighted by Crippen LogP contribution is -2.57. The lowest BCUT2D eigenvalue weighted by molar-refractivity contribution is -0.141. The quantitative estimate of drug-likeness (QED) is 0.669. The van der Waals surface area contributed by atoms with Crippen LogP contribution in [0.2, 0.25) is 0 Å². The molecule has 3 N–H and O–H groups in total. The Bertz CT molecular complexity index is 1100. The average Bonchev–Trinajstić information content (AvgIpc) is 3.15. The maximum Gasteiger partial charge on any atom is 0.335 e. The van der Waals surface area contributed by atoms with E-state index in [4.69, 9.17) is 5.73 Å². The number of nitriles is 1.